The van der Waals surface area contributed by atoms with Gasteiger partial charge in [-0.1, -0.05) is 0 Å². The molecule has 2 aromatic rings. The highest BCUT2D eigenvalue weighted by molar-refractivity contribution is 6.38. The number of hydrogen-bond acceptors (Lipinski definition) is 6. The molecule has 1 aromatic heterocycles. The molecular formula is C19H21BF3N3O4. The summed E-state index contributed by atoms with van der Waals surface area (Å²) in [6, 6.07) is 0.998. The summed E-state index contributed by atoms with van der Waals surface area (Å²) in [6.45, 7) is 1.63. The van der Waals surface area contributed by atoms with Gasteiger partial charge in [-0.05, 0) is 37.8 Å². The maximum absolute atomic E-state index is 15.2. The molecule has 0 radical (unpaired) electrons. The van der Waals surface area contributed by atoms with E-state index < -0.39 is 30.2 Å². The summed E-state index contributed by atoms with van der Waals surface area (Å²) in [4.78, 5) is 26.8. The fraction of sp³-hybridized carbons (Fsp3) is 0.474. The first-order chi connectivity index (χ1) is 14.3. The van der Waals surface area contributed by atoms with E-state index in [2.05, 4.69) is 4.65 Å². The van der Waals surface area contributed by atoms with Gasteiger partial charge in [-0.2, -0.15) is 0 Å². The Morgan fingerprint density at radius 1 is 1.33 bits per heavy atom. The number of hydrogen-bond donors (Lipinski definition) is 1. The Kier molecular flexibility index (Phi) is 5.39. The Morgan fingerprint density at radius 3 is 2.63 bits per heavy atom. The van der Waals surface area contributed by atoms with Crippen molar-refractivity contribution in [3.05, 3.63) is 33.9 Å². The van der Waals surface area contributed by atoms with Crippen molar-refractivity contribution < 1.29 is 27.2 Å². The molecule has 7 nitrogen and oxygen atoms in total. The molecule has 0 bridgehead atoms. The number of ether oxygens (including phenoxy) is 1. The van der Waals surface area contributed by atoms with E-state index in [4.69, 9.17) is 10.5 Å². The zero-order valence-corrected chi connectivity index (χ0v) is 16.4. The minimum atomic E-state index is -3.36. The van der Waals surface area contributed by atoms with E-state index in [0.717, 1.165) is 25.3 Å². The molecule has 1 unspecified atom stereocenters. The van der Waals surface area contributed by atoms with Gasteiger partial charge < -0.3 is 24.6 Å². The molecule has 11 heteroatoms. The maximum Gasteiger partial charge on any atom is 0.798 e. The van der Waals surface area contributed by atoms with Crippen LogP contribution >= 0.6 is 0 Å². The summed E-state index contributed by atoms with van der Waals surface area (Å²) in [6.07, 6.45) is 3.57. The molecule has 160 valence electrons. The summed E-state index contributed by atoms with van der Waals surface area (Å²) >= 11 is 0. The summed E-state index contributed by atoms with van der Waals surface area (Å²) < 4.78 is 51.3. The van der Waals surface area contributed by atoms with Crippen LogP contribution in [0.5, 0.6) is 5.75 Å². The van der Waals surface area contributed by atoms with Gasteiger partial charge in [-0.15, -0.1) is 0 Å². The van der Waals surface area contributed by atoms with E-state index in [-0.39, 0.29) is 28.8 Å². The van der Waals surface area contributed by atoms with Crippen LogP contribution in [0, 0.1) is 11.7 Å². The zero-order chi connectivity index (χ0) is 21.6. The predicted octanol–water partition coefficient (Wildman–Crippen LogP) is 2.35. The number of rotatable bonds is 6. The second kappa shape index (κ2) is 7.86. The third-order valence-electron chi connectivity index (χ3n) is 5.69. The van der Waals surface area contributed by atoms with Crippen LogP contribution in [-0.4, -0.2) is 44.8 Å². The van der Waals surface area contributed by atoms with Gasteiger partial charge in [0.25, 0.3) is 0 Å². The summed E-state index contributed by atoms with van der Waals surface area (Å²) in [5.74, 6) is -1.72. The van der Waals surface area contributed by atoms with Gasteiger partial charge >= 0.3 is 13.4 Å². The molecule has 0 spiro atoms. The largest absolute Gasteiger partial charge is 0.798 e. The van der Waals surface area contributed by atoms with E-state index in [1.165, 1.54) is 13.3 Å². The number of aromatic nitrogens is 1. The average molecular weight is 423 g/mol. The Labute approximate surface area is 170 Å². The number of nitrogens with two attached hydrogens (primary N) is 1. The smallest absolute Gasteiger partial charge is 0.492 e. The van der Waals surface area contributed by atoms with Gasteiger partial charge in [0.05, 0.1) is 18.0 Å². The summed E-state index contributed by atoms with van der Waals surface area (Å²) in [5.41, 5.74) is 4.88. The van der Waals surface area contributed by atoms with Crippen LogP contribution in [0.15, 0.2) is 17.1 Å². The Hall–Kier alpha value is -2.69. The minimum absolute atomic E-state index is 0.0474. The molecule has 1 aliphatic carbocycles. The van der Waals surface area contributed by atoms with Crippen molar-refractivity contribution in [2.24, 2.45) is 11.7 Å². The van der Waals surface area contributed by atoms with Gasteiger partial charge in [0.15, 0.2) is 11.6 Å². The average Bonchev–Trinajstić information content (AvgIpc) is 3.44. The normalized spacial score (nSPS) is 18.7. The Morgan fingerprint density at radius 2 is 2.07 bits per heavy atom. The highest BCUT2D eigenvalue weighted by atomic mass is 19.2. The van der Waals surface area contributed by atoms with Gasteiger partial charge in [-0.25, -0.2) is 17.8 Å². The number of carbonyl (C=O) groups excluding carboxylic acids is 1. The summed E-state index contributed by atoms with van der Waals surface area (Å²) in [5, 5.41) is -0.113. The number of carbonyl (C=O) groups is 1. The molecule has 2 N–H and O–H groups in total. The third kappa shape index (κ3) is 3.51. The van der Waals surface area contributed by atoms with E-state index in [9.17, 15) is 18.2 Å². The topological polar surface area (TPSA) is 86.8 Å². The van der Waals surface area contributed by atoms with E-state index in [0.29, 0.717) is 25.2 Å². The predicted molar refractivity (Wildman–Crippen MR) is 106 cm³/mol. The molecule has 30 heavy (non-hydrogen) atoms. The van der Waals surface area contributed by atoms with Crippen molar-refractivity contribution in [3.63, 3.8) is 0 Å². The minimum Gasteiger partial charge on any atom is -0.492 e. The lowest BCUT2D eigenvalue weighted by molar-refractivity contribution is 0.0693. The van der Waals surface area contributed by atoms with Crippen LogP contribution in [0.25, 0.3) is 10.9 Å². The number of pyridine rings is 1. The maximum atomic E-state index is 15.2. The second-order valence-corrected chi connectivity index (χ2v) is 7.65. The highest BCUT2D eigenvalue weighted by Gasteiger charge is 2.34. The molecule has 4 rings (SSSR count). The lowest BCUT2D eigenvalue weighted by Crippen LogP contribution is -2.26. The Balaban J connectivity index is 1.94. The number of methoxy groups -OCH3 is 1. The van der Waals surface area contributed by atoms with Crippen LogP contribution in [0.3, 0.4) is 0 Å². The lowest BCUT2D eigenvalue weighted by atomic mass is 10.1. The van der Waals surface area contributed by atoms with E-state index in [1.807, 2.05) is 4.90 Å². The second-order valence-electron chi connectivity index (χ2n) is 7.65. The van der Waals surface area contributed by atoms with Gasteiger partial charge in [0.1, 0.15) is 11.3 Å². The van der Waals surface area contributed by atoms with Crippen LogP contribution in [0.2, 0.25) is 0 Å². The number of fused-ring (bicyclic) bond motifs is 1. The molecule has 2 aliphatic rings. The van der Waals surface area contributed by atoms with Crippen molar-refractivity contribution in [2.45, 2.75) is 25.3 Å². The molecule has 1 aliphatic heterocycles. The first kappa shape index (κ1) is 20.6. The van der Waals surface area contributed by atoms with Gasteiger partial charge in [-0.3, -0.25) is 4.79 Å². The van der Waals surface area contributed by atoms with Crippen LogP contribution in [0.1, 0.15) is 35.7 Å². The number of anilines is 1. The first-order valence-electron chi connectivity index (χ1n) is 9.75. The van der Waals surface area contributed by atoms with E-state index in [1.54, 1.807) is 4.57 Å². The van der Waals surface area contributed by atoms with Crippen molar-refractivity contribution in [2.75, 3.05) is 31.6 Å². The quantitative estimate of drug-likeness (QED) is 0.718. The molecule has 1 saturated carbocycles. The van der Waals surface area contributed by atoms with Gasteiger partial charge in [0, 0.05) is 25.3 Å². The molecule has 2 fully saturated rings. The highest BCUT2D eigenvalue weighted by Crippen LogP contribution is 2.44. The van der Waals surface area contributed by atoms with Crippen molar-refractivity contribution in [1.82, 2.24) is 4.57 Å². The molecule has 1 saturated heterocycles. The molecular weight excluding hydrogens is 402 g/mol. The SMILES string of the molecule is COc1c(N2CCC(CN)C2)c(F)cc2c(=O)c(C(=O)OB(F)F)cn(C3CC3)c12. The van der Waals surface area contributed by atoms with Gasteiger partial charge in [0.2, 0.25) is 5.43 Å². The van der Waals surface area contributed by atoms with Crippen molar-refractivity contribution in [1.29, 1.82) is 0 Å². The number of benzene rings is 1. The third-order valence-corrected chi connectivity index (χ3v) is 5.69. The zero-order valence-electron chi connectivity index (χ0n) is 16.4. The molecule has 2 heterocycles. The standard InChI is InChI=1S/C19H21BF3N3O4/c1-29-18-15-12(6-14(21)16(18)25-5-4-10(7-24)8-25)17(27)13(19(28)30-20(22)23)9-26(15)11-2-3-11/h6,9-11H,2-5,7-8,24H2,1H3. The Bertz CT molecular complexity index is 1060. The fourth-order valence-corrected chi connectivity index (χ4v) is 4.09. The fourth-order valence-electron chi connectivity index (χ4n) is 4.09. The molecule has 0 amide bonds. The monoisotopic (exact) mass is 423 g/mol. The van der Waals surface area contributed by atoms with Crippen molar-refractivity contribution >= 4 is 30.0 Å². The molecule has 1 atom stereocenters. The van der Waals surface area contributed by atoms with Crippen molar-refractivity contribution in [3.8, 4) is 5.75 Å². The number of halogens is 3. The van der Waals surface area contributed by atoms with E-state index >= 15 is 4.39 Å². The number of nitrogens with zero attached hydrogens (tertiary/aromatic N) is 2. The first-order valence-corrected chi connectivity index (χ1v) is 9.75. The lowest BCUT2D eigenvalue weighted by Gasteiger charge is -2.24. The summed E-state index contributed by atoms with van der Waals surface area (Å²) in [7, 11) is -1.98. The van der Waals surface area contributed by atoms with Crippen LogP contribution in [-0.2, 0) is 4.65 Å². The molecule has 1 aromatic carbocycles. The van der Waals surface area contributed by atoms with Crippen LogP contribution in [0.4, 0.5) is 18.7 Å². The van der Waals surface area contributed by atoms with Crippen LogP contribution < -0.4 is 20.8 Å².